The number of aryl methyl sites for hydroxylation is 1. The van der Waals surface area contributed by atoms with Crippen LogP contribution >= 0.6 is 23.2 Å². The largest absolute Gasteiger partial charge is 0.347 e. The van der Waals surface area contributed by atoms with Gasteiger partial charge < -0.3 is 14.5 Å². The minimum Gasteiger partial charge on any atom is -0.347 e. The van der Waals surface area contributed by atoms with Crippen molar-refractivity contribution >= 4 is 45.1 Å². The van der Waals surface area contributed by atoms with E-state index in [1.165, 1.54) is 0 Å². The molecular formula is C21H20Cl2N4O. The van der Waals surface area contributed by atoms with Crippen LogP contribution in [0.15, 0.2) is 47.4 Å². The van der Waals surface area contributed by atoms with E-state index < -0.39 is 0 Å². The molecule has 1 N–H and O–H groups in total. The SMILES string of the molecule is CCn1cc(-c2nc3cc(Cl)c(Cl)cc3n(CCNC)c2=O)c2ccccc21. The Morgan fingerprint density at radius 3 is 2.61 bits per heavy atom. The summed E-state index contributed by atoms with van der Waals surface area (Å²) in [5, 5.41) is 4.93. The number of halogens is 2. The molecule has 0 aliphatic carbocycles. The van der Waals surface area contributed by atoms with Crippen molar-refractivity contribution in [2.45, 2.75) is 20.0 Å². The molecule has 4 aromatic rings. The zero-order valence-electron chi connectivity index (χ0n) is 15.7. The third kappa shape index (κ3) is 3.09. The number of hydrogen-bond donors (Lipinski definition) is 1. The summed E-state index contributed by atoms with van der Waals surface area (Å²) in [6.07, 6.45) is 2.00. The van der Waals surface area contributed by atoms with Gasteiger partial charge >= 0.3 is 0 Å². The van der Waals surface area contributed by atoms with Crippen molar-refractivity contribution in [2.75, 3.05) is 13.6 Å². The molecule has 0 unspecified atom stereocenters. The normalized spacial score (nSPS) is 11.6. The number of nitrogens with zero attached hydrogens (tertiary/aromatic N) is 3. The van der Waals surface area contributed by atoms with Gasteiger partial charge in [0.05, 0.1) is 21.1 Å². The van der Waals surface area contributed by atoms with E-state index >= 15 is 0 Å². The van der Waals surface area contributed by atoms with E-state index in [1.807, 2.05) is 31.4 Å². The molecule has 0 aliphatic rings. The van der Waals surface area contributed by atoms with Gasteiger partial charge in [-0.3, -0.25) is 4.79 Å². The molecule has 0 bridgehead atoms. The van der Waals surface area contributed by atoms with Crippen molar-refractivity contribution in [2.24, 2.45) is 0 Å². The quantitative estimate of drug-likeness (QED) is 0.520. The van der Waals surface area contributed by atoms with Crippen LogP contribution in [0.25, 0.3) is 33.2 Å². The summed E-state index contributed by atoms with van der Waals surface area (Å²) in [6.45, 7) is 4.04. The number of likely N-dealkylation sites (N-methyl/N-ethyl adjacent to an activating group) is 1. The second-order valence-corrected chi connectivity index (χ2v) is 7.44. The van der Waals surface area contributed by atoms with Crippen LogP contribution < -0.4 is 10.9 Å². The summed E-state index contributed by atoms with van der Waals surface area (Å²) < 4.78 is 3.84. The molecule has 0 spiro atoms. The first-order chi connectivity index (χ1) is 13.5. The molecule has 0 saturated heterocycles. The van der Waals surface area contributed by atoms with E-state index in [9.17, 15) is 4.79 Å². The molecule has 0 fully saturated rings. The molecule has 0 amide bonds. The summed E-state index contributed by atoms with van der Waals surface area (Å²) in [7, 11) is 1.86. The number of benzene rings is 2. The van der Waals surface area contributed by atoms with Crippen molar-refractivity contribution in [3.05, 3.63) is 63.0 Å². The lowest BCUT2D eigenvalue weighted by molar-refractivity contribution is 0.643. The first kappa shape index (κ1) is 19.0. The van der Waals surface area contributed by atoms with Crippen LogP contribution in [0.1, 0.15) is 6.92 Å². The number of fused-ring (bicyclic) bond motifs is 2. The number of rotatable bonds is 5. The maximum absolute atomic E-state index is 13.4. The molecule has 4 rings (SSSR count). The number of para-hydroxylation sites is 1. The van der Waals surface area contributed by atoms with E-state index in [1.54, 1.807) is 16.7 Å². The van der Waals surface area contributed by atoms with Crippen molar-refractivity contribution in [1.82, 2.24) is 19.4 Å². The molecule has 7 heteroatoms. The van der Waals surface area contributed by atoms with Crippen LogP contribution in [-0.4, -0.2) is 27.7 Å². The van der Waals surface area contributed by atoms with Crippen molar-refractivity contribution < 1.29 is 0 Å². The lowest BCUT2D eigenvalue weighted by Gasteiger charge is -2.13. The maximum atomic E-state index is 13.4. The van der Waals surface area contributed by atoms with Gasteiger partial charge in [-0.2, -0.15) is 0 Å². The van der Waals surface area contributed by atoms with E-state index in [-0.39, 0.29) is 5.56 Å². The Balaban J connectivity index is 2.07. The second kappa shape index (κ2) is 7.59. The molecule has 144 valence electrons. The van der Waals surface area contributed by atoms with E-state index in [2.05, 4.69) is 22.9 Å². The van der Waals surface area contributed by atoms with Crippen LogP contribution in [-0.2, 0) is 13.1 Å². The Hall–Kier alpha value is -2.34. The maximum Gasteiger partial charge on any atom is 0.277 e. The molecule has 2 aromatic carbocycles. The molecule has 5 nitrogen and oxygen atoms in total. The Morgan fingerprint density at radius 2 is 1.86 bits per heavy atom. The minimum absolute atomic E-state index is 0.139. The highest BCUT2D eigenvalue weighted by molar-refractivity contribution is 6.42. The fraction of sp³-hybridized carbons (Fsp3) is 0.238. The average Bonchev–Trinajstić information content (AvgIpc) is 3.07. The smallest absolute Gasteiger partial charge is 0.277 e. The minimum atomic E-state index is -0.139. The van der Waals surface area contributed by atoms with Gasteiger partial charge in [0.1, 0.15) is 5.69 Å². The summed E-state index contributed by atoms with van der Waals surface area (Å²) in [4.78, 5) is 18.1. The Labute approximate surface area is 172 Å². The lowest BCUT2D eigenvalue weighted by atomic mass is 10.1. The lowest BCUT2D eigenvalue weighted by Crippen LogP contribution is -2.28. The van der Waals surface area contributed by atoms with Crippen LogP contribution in [0.4, 0.5) is 0 Å². The standard InChI is InChI=1S/C21H20Cl2N4O/c1-3-26-12-14(13-6-4-5-7-18(13)26)20-21(28)27(9-8-24-2)19-11-16(23)15(22)10-17(19)25-20/h4-7,10-12,24H,3,8-9H2,1-2H3. The number of aromatic nitrogens is 3. The molecule has 28 heavy (non-hydrogen) atoms. The fourth-order valence-electron chi connectivity index (χ4n) is 3.56. The van der Waals surface area contributed by atoms with Gasteiger partial charge in [-0.1, -0.05) is 41.4 Å². The zero-order valence-corrected chi connectivity index (χ0v) is 17.2. The van der Waals surface area contributed by atoms with E-state index in [4.69, 9.17) is 28.2 Å². The zero-order chi connectivity index (χ0) is 19.8. The Morgan fingerprint density at radius 1 is 1.11 bits per heavy atom. The average molecular weight is 415 g/mol. The highest BCUT2D eigenvalue weighted by atomic mass is 35.5. The van der Waals surface area contributed by atoms with Gasteiger partial charge in [-0.25, -0.2) is 4.98 Å². The van der Waals surface area contributed by atoms with E-state index in [0.29, 0.717) is 39.9 Å². The fourth-order valence-corrected chi connectivity index (χ4v) is 3.87. The van der Waals surface area contributed by atoms with Crippen LogP contribution in [0.5, 0.6) is 0 Å². The number of hydrogen-bond acceptors (Lipinski definition) is 3. The summed E-state index contributed by atoms with van der Waals surface area (Å²) in [5.74, 6) is 0. The predicted octanol–water partition coefficient (Wildman–Crippen LogP) is 4.56. The summed E-state index contributed by atoms with van der Waals surface area (Å²) >= 11 is 12.4. The Bertz CT molecular complexity index is 1240. The van der Waals surface area contributed by atoms with Crippen molar-refractivity contribution in [3.8, 4) is 11.3 Å². The van der Waals surface area contributed by atoms with Crippen LogP contribution in [0, 0.1) is 0 Å². The molecule has 0 atom stereocenters. The van der Waals surface area contributed by atoms with Gasteiger partial charge in [0.2, 0.25) is 0 Å². The van der Waals surface area contributed by atoms with Gasteiger partial charge in [0.15, 0.2) is 0 Å². The third-order valence-corrected chi connectivity index (χ3v) is 5.68. The van der Waals surface area contributed by atoms with Crippen molar-refractivity contribution in [3.63, 3.8) is 0 Å². The molecule has 2 aromatic heterocycles. The topological polar surface area (TPSA) is 51.9 Å². The molecule has 0 radical (unpaired) electrons. The molecule has 0 saturated carbocycles. The Kier molecular flexibility index (Phi) is 5.15. The highest BCUT2D eigenvalue weighted by Crippen LogP contribution is 2.31. The summed E-state index contributed by atoms with van der Waals surface area (Å²) in [6, 6.07) is 11.5. The summed E-state index contributed by atoms with van der Waals surface area (Å²) in [5.41, 5.74) is 3.52. The second-order valence-electron chi connectivity index (χ2n) is 6.62. The van der Waals surface area contributed by atoms with Gasteiger partial charge in [0.25, 0.3) is 5.56 Å². The molecule has 0 aliphatic heterocycles. The van der Waals surface area contributed by atoms with Gasteiger partial charge in [0, 0.05) is 42.3 Å². The van der Waals surface area contributed by atoms with Gasteiger partial charge in [-0.05, 0) is 32.2 Å². The monoisotopic (exact) mass is 414 g/mol. The predicted molar refractivity (Wildman–Crippen MR) is 117 cm³/mol. The van der Waals surface area contributed by atoms with Gasteiger partial charge in [-0.15, -0.1) is 0 Å². The molecular weight excluding hydrogens is 395 g/mol. The molecule has 2 heterocycles. The number of nitrogens with one attached hydrogen (secondary N) is 1. The first-order valence-corrected chi connectivity index (χ1v) is 9.93. The van der Waals surface area contributed by atoms with E-state index in [0.717, 1.165) is 23.0 Å². The third-order valence-electron chi connectivity index (χ3n) is 4.96. The van der Waals surface area contributed by atoms with Crippen molar-refractivity contribution in [1.29, 1.82) is 0 Å². The first-order valence-electron chi connectivity index (χ1n) is 9.17. The van der Waals surface area contributed by atoms with Crippen LogP contribution in [0.2, 0.25) is 10.0 Å². The highest BCUT2D eigenvalue weighted by Gasteiger charge is 2.18. The van der Waals surface area contributed by atoms with Crippen LogP contribution in [0.3, 0.4) is 0 Å².